The largest absolute Gasteiger partial charge is 0.381 e. The minimum Gasteiger partial charge on any atom is -0.381 e. The molecule has 0 radical (unpaired) electrons. The van der Waals surface area contributed by atoms with Gasteiger partial charge in [-0.3, -0.25) is 9.59 Å². The zero-order valence-electron chi connectivity index (χ0n) is 14.2. The Morgan fingerprint density at radius 3 is 2.44 bits per heavy atom. The van der Waals surface area contributed by atoms with Gasteiger partial charge in [0.2, 0.25) is 11.8 Å². The van der Waals surface area contributed by atoms with Crippen LogP contribution in [0.15, 0.2) is 24.3 Å². The van der Waals surface area contributed by atoms with Crippen LogP contribution in [-0.4, -0.2) is 43.0 Å². The van der Waals surface area contributed by atoms with E-state index in [1.807, 2.05) is 4.90 Å². The Balaban J connectivity index is 1.52. The minimum absolute atomic E-state index is 0.0686. The number of benzene rings is 1. The van der Waals surface area contributed by atoms with E-state index in [0.29, 0.717) is 50.4 Å². The smallest absolute Gasteiger partial charge is 0.227 e. The van der Waals surface area contributed by atoms with Crippen molar-refractivity contribution in [3.8, 4) is 6.07 Å². The number of carbonyl (C=O) groups excluding carboxylic acids is 2. The molecule has 0 spiro atoms. The Morgan fingerprint density at radius 1 is 1.08 bits per heavy atom. The number of carbonyl (C=O) groups is 2. The summed E-state index contributed by atoms with van der Waals surface area (Å²) in [6.45, 7) is 2.56. The normalized spacial score (nSPS) is 19.2. The zero-order valence-corrected chi connectivity index (χ0v) is 14.2. The van der Waals surface area contributed by atoms with E-state index in [1.54, 1.807) is 24.3 Å². The number of rotatable bonds is 3. The summed E-state index contributed by atoms with van der Waals surface area (Å²) >= 11 is 0. The molecule has 2 heterocycles. The Labute approximate surface area is 147 Å². The van der Waals surface area contributed by atoms with Gasteiger partial charge in [0.15, 0.2) is 0 Å². The summed E-state index contributed by atoms with van der Waals surface area (Å²) in [6.07, 6.45) is 2.92. The molecule has 0 aliphatic carbocycles. The molecule has 2 fully saturated rings. The van der Waals surface area contributed by atoms with Crippen LogP contribution in [-0.2, 0) is 14.3 Å². The van der Waals surface area contributed by atoms with Crippen LogP contribution in [0.3, 0.4) is 0 Å². The van der Waals surface area contributed by atoms with E-state index in [1.165, 1.54) is 0 Å². The average molecular weight is 341 g/mol. The number of nitrogens with zero attached hydrogens (tertiary/aromatic N) is 2. The lowest BCUT2D eigenvalue weighted by Gasteiger charge is -2.34. The van der Waals surface area contributed by atoms with Gasteiger partial charge in [-0.2, -0.15) is 5.26 Å². The first kappa shape index (κ1) is 17.4. The van der Waals surface area contributed by atoms with Crippen LogP contribution >= 0.6 is 0 Å². The van der Waals surface area contributed by atoms with E-state index in [9.17, 15) is 9.59 Å². The minimum atomic E-state index is -0.120. The van der Waals surface area contributed by atoms with Gasteiger partial charge >= 0.3 is 0 Å². The van der Waals surface area contributed by atoms with Gasteiger partial charge in [0, 0.05) is 38.1 Å². The number of hydrogen-bond acceptors (Lipinski definition) is 4. The number of likely N-dealkylation sites (tertiary alicyclic amines) is 1. The lowest BCUT2D eigenvalue weighted by molar-refractivity contribution is -0.141. The molecule has 1 N–H and O–H groups in total. The van der Waals surface area contributed by atoms with Gasteiger partial charge in [-0.05, 0) is 37.8 Å². The van der Waals surface area contributed by atoms with Crippen LogP contribution in [0.25, 0.3) is 0 Å². The molecule has 2 saturated heterocycles. The van der Waals surface area contributed by atoms with Gasteiger partial charge in [-0.15, -0.1) is 0 Å². The highest BCUT2D eigenvalue weighted by Crippen LogP contribution is 2.24. The van der Waals surface area contributed by atoms with Crippen LogP contribution in [0.1, 0.15) is 31.2 Å². The number of anilines is 1. The molecule has 0 atom stereocenters. The Hall–Kier alpha value is -2.39. The number of ether oxygens (including phenoxy) is 1. The standard InChI is InChI=1S/C19H23N3O3/c20-13-16-3-1-2-4-17(16)21-18(23)14-5-9-22(10-6-14)19(24)15-7-11-25-12-8-15/h1-4,14-15H,5-12H2,(H,21,23). The van der Waals surface area contributed by atoms with E-state index in [4.69, 9.17) is 10.00 Å². The number of nitrogens with one attached hydrogen (secondary N) is 1. The number of amides is 2. The summed E-state index contributed by atoms with van der Waals surface area (Å²) in [6, 6.07) is 9.08. The summed E-state index contributed by atoms with van der Waals surface area (Å²) in [5.74, 6) is 0.0879. The molecule has 0 aromatic heterocycles. The zero-order chi connectivity index (χ0) is 17.6. The van der Waals surface area contributed by atoms with E-state index in [2.05, 4.69) is 11.4 Å². The molecular formula is C19H23N3O3. The molecule has 25 heavy (non-hydrogen) atoms. The number of nitriles is 1. The predicted molar refractivity (Wildman–Crippen MR) is 92.6 cm³/mol. The SMILES string of the molecule is N#Cc1ccccc1NC(=O)C1CCN(C(=O)C2CCOCC2)CC1. The van der Waals surface area contributed by atoms with E-state index in [0.717, 1.165) is 12.8 Å². The lowest BCUT2D eigenvalue weighted by atomic mass is 9.93. The van der Waals surface area contributed by atoms with Crippen molar-refractivity contribution in [2.75, 3.05) is 31.6 Å². The second-order valence-corrected chi connectivity index (χ2v) is 6.63. The van der Waals surface area contributed by atoms with Gasteiger partial charge in [-0.1, -0.05) is 12.1 Å². The molecule has 0 bridgehead atoms. The summed E-state index contributed by atoms with van der Waals surface area (Å²) in [5, 5.41) is 12.0. The summed E-state index contributed by atoms with van der Waals surface area (Å²) < 4.78 is 5.31. The quantitative estimate of drug-likeness (QED) is 0.913. The molecule has 3 rings (SSSR count). The van der Waals surface area contributed by atoms with Crippen LogP contribution in [0, 0.1) is 23.2 Å². The fourth-order valence-corrected chi connectivity index (χ4v) is 3.49. The molecule has 2 aliphatic heterocycles. The number of piperidine rings is 1. The first-order valence-electron chi connectivity index (χ1n) is 8.85. The maximum atomic E-state index is 12.5. The first-order chi connectivity index (χ1) is 12.2. The van der Waals surface area contributed by atoms with Gasteiger partial charge in [-0.25, -0.2) is 0 Å². The molecule has 2 aliphatic rings. The molecule has 6 heteroatoms. The first-order valence-corrected chi connectivity index (χ1v) is 8.85. The van der Waals surface area contributed by atoms with Crippen LogP contribution < -0.4 is 5.32 Å². The van der Waals surface area contributed by atoms with Gasteiger partial charge in [0.05, 0.1) is 11.3 Å². The van der Waals surface area contributed by atoms with E-state index < -0.39 is 0 Å². The molecule has 0 saturated carbocycles. The van der Waals surface area contributed by atoms with Crippen LogP contribution in [0.4, 0.5) is 5.69 Å². The summed E-state index contributed by atoms with van der Waals surface area (Å²) in [5.41, 5.74) is 1.01. The van der Waals surface area contributed by atoms with Gasteiger partial charge in [0.1, 0.15) is 6.07 Å². The summed E-state index contributed by atoms with van der Waals surface area (Å²) in [4.78, 5) is 26.9. The van der Waals surface area contributed by atoms with Crippen molar-refractivity contribution >= 4 is 17.5 Å². The third-order valence-electron chi connectivity index (χ3n) is 5.05. The number of hydrogen-bond donors (Lipinski definition) is 1. The third-order valence-corrected chi connectivity index (χ3v) is 5.05. The third kappa shape index (κ3) is 4.18. The molecule has 0 unspecified atom stereocenters. The fourth-order valence-electron chi connectivity index (χ4n) is 3.49. The second kappa shape index (κ2) is 8.13. The van der Waals surface area contributed by atoms with Crippen molar-refractivity contribution in [2.24, 2.45) is 11.8 Å². The van der Waals surface area contributed by atoms with Crippen molar-refractivity contribution in [3.05, 3.63) is 29.8 Å². The Kier molecular flexibility index (Phi) is 5.67. The predicted octanol–water partition coefficient (Wildman–Crippen LogP) is 2.16. The maximum absolute atomic E-state index is 12.5. The monoisotopic (exact) mass is 341 g/mol. The van der Waals surface area contributed by atoms with Crippen LogP contribution in [0.2, 0.25) is 0 Å². The molecule has 132 valence electrons. The fraction of sp³-hybridized carbons (Fsp3) is 0.526. The highest BCUT2D eigenvalue weighted by atomic mass is 16.5. The topological polar surface area (TPSA) is 82.4 Å². The summed E-state index contributed by atoms with van der Waals surface area (Å²) in [7, 11) is 0. The number of para-hydroxylation sites is 1. The molecule has 1 aromatic rings. The Morgan fingerprint density at radius 2 is 1.76 bits per heavy atom. The van der Waals surface area contributed by atoms with Gasteiger partial charge in [0.25, 0.3) is 0 Å². The molecule has 1 aromatic carbocycles. The van der Waals surface area contributed by atoms with E-state index >= 15 is 0 Å². The van der Waals surface area contributed by atoms with Crippen molar-refractivity contribution in [1.82, 2.24) is 4.90 Å². The van der Waals surface area contributed by atoms with Crippen molar-refractivity contribution in [1.29, 1.82) is 5.26 Å². The van der Waals surface area contributed by atoms with Crippen molar-refractivity contribution in [3.63, 3.8) is 0 Å². The average Bonchev–Trinajstić information content (AvgIpc) is 2.68. The highest BCUT2D eigenvalue weighted by Gasteiger charge is 2.31. The van der Waals surface area contributed by atoms with Crippen molar-refractivity contribution in [2.45, 2.75) is 25.7 Å². The lowest BCUT2D eigenvalue weighted by Crippen LogP contribution is -2.45. The van der Waals surface area contributed by atoms with Crippen LogP contribution in [0.5, 0.6) is 0 Å². The molecular weight excluding hydrogens is 318 g/mol. The second-order valence-electron chi connectivity index (χ2n) is 6.63. The Bertz CT molecular complexity index is 669. The van der Waals surface area contributed by atoms with E-state index in [-0.39, 0.29) is 23.7 Å². The molecule has 2 amide bonds. The molecule has 6 nitrogen and oxygen atoms in total. The highest BCUT2D eigenvalue weighted by molar-refractivity contribution is 5.94. The maximum Gasteiger partial charge on any atom is 0.227 e. The van der Waals surface area contributed by atoms with Gasteiger partial charge < -0.3 is 15.0 Å². The van der Waals surface area contributed by atoms with Crippen molar-refractivity contribution < 1.29 is 14.3 Å².